The average molecular weight is 323 g/mol. The maximum absolute atomic E-state index is 12.1. The van der Waals surface area contributed by atoms with Gasteiger partial charge in [0.25, 0.3) is 0 Å². The minimum absolute atomic E-state index is 0. The summed E-state index contributed by atoms with van der Waals surface area (Å²) in [4.78, 5) is 0.185. The molecule has 0 spiro atoms. The van der Waals surface area contributed by atoms with Crippen molar-refractivity contribution in [3.63, 3.8) is 0 Å². The van der Waals surface area contributed by atoms with Crippen LogP contribution < -0.4 is 10.0 Å². The van der Waals surface area contributed by atoms with Crippen LogP contribution in [0.15, 0.2) is 23.1 Å². The van der Waals surface area contributed by atoms with Crippen molar-refractivity contribution in [2.45, 2.75) is 11.8 Å². The highest BCUT2D eigenvalue weighted by molar-refractivity contribution is 7.89. The summed E-state index contributed by atoms with van der Waals surface area (Å²) >= 11 is 1.01. The zero-order valence-electron chi connectivity index (χ0n) is 10.3. The molecule has 9 heteroatoms. The van der Waals surface area contributed by atoms with Crippen LogP contribution in [0.25, 0.3) is 11.0 Å². The molecule has 19 heavy (non-hydrogen) atoms. The van der Waals surface area contributed by atoms with E-state index in [1.54, 1.807) is 18.2 Å². The number of rotatable bonds is 6. The lowest BCUT2D eigenvalue weighted by molar-refractivity contribution is 0.578. The second-order valence-corrected chi connectivity index (χ2v) is 5.90. The number of hydrogen-bond donors (Lipinski definition) is 2. The van der Waals surface area contributed by atoms with Crippen molar-refractivity contribution < 1.29 is 8.42 Å². The molecule has 0 atom stereocenters. The summed E-state index contributed by atoms with van der Waals surface area (Å²) in [6, 6.07) is 4.96. The maximum atomic E-state index is 12.1. The molecule has 1 aromatic heterocycles. The van der Waals surface area contributed by atoms with Gasteiger partial charge in [0.15, 0.2) is 0 Å². The number of aromatic nitrogens is 2. The summed E-state index contributed by atoms with van der Waals surface area (Å²) in [5.41, 5.74) is 1.04. The van der Waals surface area contributed by atoms with E-state index < -0.39 is 10.0 Å². The van der Waals surface area contributed by atoms with Gasteiger partial charge in [-0.05, 0) is 18.7 Å². The molecule has 0 saturated heterocycles. The molecular formula is C10H15ClN4O2S2. The van der Waals surface area contributed by atoms with Crippen LogP contribution in [0.2, 0.25) is 0 Å². The van der Waals surface area contributed by atoms with Gasteiger partial charge >= 0.3 is 0 Å². The average Bonchev–Trinajstić information content (AvgIpc) is 2.82. The van der Waals surface area contributed by atoms with E-state index in [2.05, 4.69) is 18.8 Å². The SMILES string of the molecule is CCNCCNS(=O)(=O)c1cccc2nsnc12.Cl. The summed E-state index contributed by atoms with van der Waals surface area (Å²) in [7, 11) is -3.52. The van der Waals surface area contributed by atoms with Crippen LogP contribution >= 0.6 is 24.1 Å². The zero-order chi connectivity index (χ0) is 13.0. The topological polar surface area (TPSA) is 84.0 Å². The van der Waals surface area contributed by atoms with Crippen LogP contribution in [-0.2, 0) is 10.0 Å². The van der Waals surface area contributed by atoms with Crippen molar-refractivity contribution in [3.05, 3.63) is 18.2 Å². The first-order valence-electron chi connectivity index (χ1n) is 5.57. The van der Waals surface area contributed by atoms with Crippen LogP contribution in [0.3, 0.4) is 0 Å². The summed E-state index contributed by atoms with van der Waals surface area (Å²) in [5, 5.41) is 3.05. The Bertz CT molecular complexity index is 629. The van der Waals surface area contributed by atoms with Crippen LogP contribution in [0.5, 0.6) is 0 Å². The number of halogens is 1. The van der Waals surface area contributed by atoms with Crippen molar-refractivity contribution in [1.82, 2.24) is 18.8 Å². The Kier molecular flexibility index (Phi) is 6.08. The molecule has 0 fully saturated rings. The van der Waals surface area contributed by atoms with Gasteiger partial charge in [-0.1, -0.05) is 13.0 Å². The zero-order valence-corrected chi connectivity index (χ0v) is 12.7. The Morgan fingerprint density at radius 2 is 2.05 bits per heavy atom. The third-order valence-electron chi connectivity index (χ3n) is 2.38. The number of benzene rings is 1. The molecule has 0 aliphatic heterocycles. The van der Waals surface area contributed by atoms with E-state index in [-0.39, 0.29) is 17.3 Å². The Balaban J connectivity index is 0.00000180. The van der Waals surface area contributed by atoms with Gasteiger partial charge in [0.2, 0.25) is 10.0 Å². The van der Waals surface area contributed by atoms with Gasteiger partial charge < -0.3 is 5.32 Å². The molecule has 0 saturated carbocycles. The first kappa shape index (κ1) is 16.3. The second-order valence-electron chi connectivity index (χ2n) is 3.64. The predicted molar refractivity (Wildman–Crippen MR) is 78.4 cm³/mol. The van der Waals surface area contributed by atoms with Crippen LogP contribution in [0.1, 0.15) is 6.92 Å². The molecule has 6 nitrogen and oxygen atoms in total. The third-order valence-corrected chi connectivity index (χ3v) is 4.42. The Morgan fingerprint density at radius 1 is 1.26 bits per heavy atom. The van der Waals surface area contributed by atoms with Gasteiger partial charge in [-0.3, -0.25) is 0 Å². The highest BCUT2D eigenvalue weighted by Gasteiger charge is 2.18. The minimum atomic E-state index is -3.52. The molecule has 0 radical (unpaired) electrons. The third kappa shape index (κ3) is 3.83. The molecule has 106 valence electrons. The monoisotopic (exact) mass is 322 g/mol. The number of nitrogens with one attached hydrogen (secondary N) is 2. The number of hydrogen-bond acceptors (Lipinski definition) is 6. The Labute approximate surface area is 122 Å². The lowest BCUT2D eigenvalue weighted by Crippen LogP contribution is -2.31. The van der Waals surface area contributed by atoms with Crippen molar-refractivity contribution in [1.29, 1.82) is 0 Å². The molecule has 0 amide bonds. The van der Waals surface area contributed by atoms with E-state index in [9.17, 15) is 8.42 Å². The van der Waals surface area contributed by atoms with E-state index in [1.165, 1.54) is 0 Å². The highest BCUT2D eigenvalue weighted by atomic mass is 35.5. The molecule has 2 aromatic rings. The molecule has 1 aromatic carbocycles. The molecule has 2 rings (SSSR count). The predicted octanol–water partition coefficient (Wildman–Crippen LogP) is 1.00. The fourth-order valence-electron chi connectivity index (χ4n) is 1.53. The van der Waals surface area contributed by atoms with E-state index in [1.807, 2.05) is 6.92 Å². The lowest BCUT2D eigenvalue weighted by Gasteiger charge is -2.07. The first-order chi connectivity index (χ1) is 8.65. The normalized spacial score (nSPS) is 11.4. The van der Waals surface area contributed by atoms with Crippen LogP contribution in [-0.4, -0.2) is 36.8 Å². The lowest BCUT2D eigenvalue weighted by atomic mass is 10.3. The second kappa shape index (κ2) is 7.11. The molecule has 2 N–H and O–H groups in total. The molecular weight excluding hydrogens is 308 g/mol. The van der Waals surface area contributed by atoms with E-state index in [0.717, 1.165) is 18.3 Å². The van der Waals surface area contributed by atoms with Crippen molar-refractivity contribution in [3.8, 4) is 0 Å². The van der Waals surface area contributed by atoms with Crippen LogP contribution in [0.4, 0.5) is 0 Å². The van der Waals surface area contributed by atoms with Crippen molar-refractivity contribution >= 4 is 45.2 Å². The standard InChI is InChI=1S/C10H14N4O2S2.ClH/c1-2-11-6-7-12-18(15,16)9-5-3-4-8-10(9)14-17-13-8;/h3-5,11-12H,2,6-7H2,1H3;1H. The molecule has 0 aliphatic carbocycles. The van der Waals surface area contributed by atoms with Gasteiger partial charge in [0, 0.05) is 13.1 Å². The first-order valence-corrected chi connectivity index (χ1v) is 7.78. The fourth-order valence-corrected chi connectivity index (χ4v) is 3.32. The van der Waals surface area contributed by atoms with Crippen LogP contribution in [0, 0.1) is 0 Å². The fraction of sp³-hybridized carbons (Fsp3) is 0.400. The smallest absolute Gasteiger partial charge is 0.242 e. The van der Waals surface area contributed by atoms with Crippen molar-refractivity contribution in [2.75, 3.05) is 19.6 Å². The van der Waals surface area contributed by atoms with E-state index in [4.69, 9.17) is 0 Å². The van der Waals surface area contributed by atoms with Gasteiger partial charge in [-0.25, -0.2) is 13.1 Å². The summed E-state index contributed by atoms with van der Waals surface area (Å²) < 4.78 is 34.8. The van der Waals surface area contributed by atoms with Gasteiger partial charge in [-0.2, -0.15) is 8.75 Å². The quantitative estimate of drug-likeness (QED) is 0.775. The molecule has 0 bridgehead atoms. The summed E-state index contributed by atoms with van der Waals surface area (Å²) in [6.07, 6.45) is 0. The molecule has 1 heterocycles. The minimum Gasteiger partial charge on any atom is -0.316 e. The summed E-state index contributed by atoms with van der Waals surface area (Å²) in [5.74, 6) is 0. The molecule has 0 unspecified atom stereocenters. The largest absolute Gasteiger partial charge is 0.316 e. The summed E-state index contributed by atoms with van der Waals surface area (Å²) in [6.45, 7) is 3.73. The molecule has 0 aliphatic rings. The number of nitrogens with zero attached hydrogens (tertiary/aromatic N) is 2. The van der Waals surface area contributed by atoms with Gasteiger partial charge in [0.1, 0.15) is 15.9 Å². The van der Waals surface area contributed by atoms with Gasteiger partial charge in [-0.15, -0.1) is 12.4 Å². The van der Waals surface area contributed by atoms with Gasteiger partial charge in [0.05, 0.1) is 11.7 Å². The van der Waals surface area contributed by atoms with E-state index in [0.29, 0.717) is 24.1 Å². The number of likely N-dealkylation sites (N-methyl/N-ethyl adjacent to an activating group) is 1. The highest BCUT2D eigenvalue weighted by Crippen LogP contribution is 2.20. The maximum Gasteiger partial charge on any atom is 0.242 e. The Morgan fingerprint density at radius 3 is 2.79 bits per heavy atom. The number of sulfonamides is 1. The Hall–Kier alpha value is -0.800. The van der Waals surface area contributed by atoms with E-state index >= 15 is 0 Å². The van der Waals surface area contributed by atoms with Crippen molar-refractivity contribution in [2.24, 2.45) is 0 Å². The number of fused-ring (bicyclic) bond motifs is 1.